The molecule has 0 aliphatic carbocycles. The summed E-state index contributed by atoms with van der Waals surface area (Å²) in [5.41, 5.74) is 3.21. The molecule has 0 saturated carbocycles. The molecule has 0 radical (unpaired) electrons. The van der Waals surface area contributed by atoms with Crippen LogP contribution < -0.4 is 15.4 Å². The average molecular weight is 472 g/mol. The first-order chi connectivity index (χ1) is 12.0. The van der Waals surface area contributed by atoms with Gasteiger partial charge < -0.3 is 19.9 Å². The Bertz CT molecular complexity index is 713. The Labute approximate surface area is 172 Å². The zero-order chi connectivity index (χ0) is 18.2. The van der Waals surface area contributed by atoms with Gasteiger partial charge in [0.15, 0.2) is 11.7 Å². The normalized spacial score (nSPS) is 11.2. The molecule has 2 aromatic rings. The van der Waals surface area contributed by atoms with E-state index in [4.69, 9.17) is 9.26 Å². The summed E-state index contributed by atoms with van der Waals surface area (Å²) >= 11 is 0. The lowest BCUT2D eigenvalue weighted by atomic mass is 10.1. The van der Waals surface area contributed by atoms with Gasteiger partial charge in [-0.05, 0) is 37.0 Å². The summed E-state index contributed by atoms with van der Waals surface area (Å²) in [5, 5.41) is 10.6. The summed E-state index contributed by atoms with van der Waals surface area (Å²) in [5.74, 6) is 2.80. The number of hydrogen-bond acceptors (Lipinski definition) is 4. The maximum Gasteiger partial charge on any atom is 0.191 e. The van der Waals surface area contributed by atoms with Crippen molar-refractivity contribution in [3.8, 4) is 5.75 Å². The van der Waals surface area contributed by atoms with Crippen LogP contribution in [0.3, 0.4) is 0 Å². The molecule has 1 heterocycles. The lowest BCUT2D eigenvalue weighted by Crippen LogP contribution is -2.36. The van der Waals surface area contributed by atoms with Crippen LogP contribution in [0.1, 0.15) is 49.3 Å². The number of aromatic nitrogens is 1. The molecule has 2 rings (SSSR count). The van der Waals surface area contributed by atoms with Gasteiger partial charge in [0.2, 0.25) is 0 Å². The molecular formula is C19H29IN4O2. The van der Waals surface area contributed by atoms with Crippen molar-refractivity contribution < 1.29 is 9.26 Å². The number of nitrogens with zero attached hydrogens (tertiary/aromatic N) is 2. The molecule has 0 spiro atoms. The molecule has 6 nitrogen and oxygen atoms in total. The number of hydrogen-bond donors (Lipinski definition) is 2. The van der Waals surface area contributed by atoms with Gasteiger partial charge in [0.25, 0.3) is 0 Å². The van der Waals surface area contributed by atoms with E-state index < -0.39 is 0 Å². The van der Waals surface area contributed by atoms with Gasteiger partial charge in [-0.3, -0.25) is 0 Å². The third-order valence-corrected chi connectivity index (χ3v) is 3.82. The number of halogens is 1. The third kappa shape index (κ3) is 6.51. The van der Waals surface area contributed by atoms with Crippen LogP contribution in [0.15, 0.2) is 33.8 Å². The second kappa shape index (κ2) is 11.1. The number of benzene rings is 1. The molecule has 1 aromatic carbocycles. The maximum atomic E-state index is 5.35. The predicted molar refractivity (Wildman–Crippen MR) is 115 cm³/mol. The van der Waals surface area contributed by atoms with E-state index in [-0.39, 0.29) is 24.0 Å². The van der Waals surface area contributed by atoms with Gasteiger partial charge in [-0.25, -0.2) is 4.99 Å². The molecule has 144 valence electrons. The minimum atomic E-state index is 0. The first-order valence-electron chi connectivity index (χ1n) is 8.64. The molecule has 0 amide bonds. The van der Waals surface area contributed by atoms with Gasteiger partial charge in [-0.2, -0.15) is 0 Å². The first-order valence-corrected chi connectivity index (χ1v) is 8.64. The predicted octanol–water partition coefficient (Wildman–Crippen LogP) is 3.99. The maximum absolute atomic E-state index is 5.35. The molecule has 1 aromatic heterocycles. The topological polar surface area (TPSA) is 71.7 Å². The fourth-order valence-corrected chi connectivity index (χ4v) is 2.41. The van der Waals surface area contributed by atoms with Crippen molar-refractivity contribution in [3.05, 3.63) is 46.8 Å². The number of aryl methyl sites for hydroxylation is 1. The summed E-state index contributed by atoms with van der Waals surface area (Å²) in [6, 6.07) is 8.08. The van der Waals surface area contributed by atoms with E-state index >= 15 is 0 Å². The molecule has 26 heavy (non-hydrogen) atoms. The zero-order valence-corrected chi connectivity index (χ0v) is 18.5. The van der Waals surface area contributed by atoms with Crippen LogP contribution in [-0.4, -0.2) is 24.8 Å². The second-order valence-corrected chi connectivity index (χ2v) is 6.23. The van der Waals surface area contributed by atoms with Crippen LogP contribution in [-0.2, 0) is 13.1 Å². The molecule has 0 unspecified atom stereocenters. The molecule has 0 atom stereocenters. The number of rotatable bonds is 7. The van der Waals surface area contributed by atoms with Crippen LogP contribution >= 0.6 is 24.0 Å². The Hall–Kier alpha value is -1.77. The van der Waals surface area contributed by atoms with Crippen LogP contribution in [0.4, 0.5) is 0 Å². The van der Waals surface area contributed by atoms with Crippen molar-refractivity contribution in [1.82, 2.24) is 15.8 Å². The van der Waals surface area contributed by atoms with E-state index in [9.17, 15) is 0 Å². The van der Waals surface area contributed by atoms with Gasteiger partial charge in [0.05, 0.1) is 25.9 Å². The van der Waals surface area contributed by atoms with Gasteiger partial charge in [0.1, 0.15) is 5.75 Å². The summed E-state index contributed by atoms with van der Waals surface area (Å²) < 4.78 is 10.6. The molecule has 7 heteroatoms. The molecule has 0 saturated heterocycles. The lowest BCUT2D eigenvalue weighted by molar-refractivity contribution is 0.372. The largest absolute Gasteiger partial charge is 0.496 e. The highest BCUT2D eigenvalue weighted by Crippen LogP contribution is 2.19. The third-order valence-electron chi connectivity index (χ3n) is 3.82. The van der Waals surface area contributed by atoms with Crippen molar-refractivity contribution in [1.29, 1.82) is 0 Å². The molecule has 0 bridgehead atoms. The fourth-order valence-electron chi connectivity index (χ4n) is 2.41. The zero-order valence-electron chi connectivity index (χ0n) is 16.1. The highest BCUT2D eigenvalue weighted by Gasteiger charge is 2.08. The monoisotopic (exact) mass is 472 g/mol. The number of aliphatic imine (C=N–C) groups is 1. The smallest absolute Gasteiger partial charge is 0.191 e. The van der Waals surface area contributed by atoms with E-state index in [1.165, 1.54) is 0 Å². The number of ether oxygens (including phenoxy) is 1. The first kappa shape index (κ1) is 22.3. The fraction of sp³-hybridized carbons (Fsp3) is 0.474. The Morgan fingerprint density at radius 2 is 2.04 bits per heavy atom. The Kier molecular flexibility index (Phi) is 9.47. The number of guanidine groups is 1. The van der Waals surface area contributed by atoms with Gasteiger partial charge in [-0.15, -0.1) is 24.0 Å². The van der Waals surface area contributed by atoms with Crippen LogP contribution in [0.2, 0.25) is 0 Å². The molecule has 2 N–H and O–H groups in total. The second-order valence-electron chi connectivity index (χ2n) is 6.23. The minimum Gasteiger partial charge on any atom is -0.496 e. The summed E-state index contributed by atoms with van der Waals surface area (Å²) in [4.78, 5) is 4.63. The van der Waals surface area contributed by atoms with Crippen molar-refractivity contribution in [2.45, 2.75) is 46.7 Å². The Morgan fingerprint density at radius 1 is 1.27 bits per heavy atom. The molecule has 0 aliphatic heterocycles. The van der Waals surface area contributed by atoms with E-state index in [1.54, 1.807) is 7.11 Å². The van der Waals surface area contributed by atoms with Crippen LogP contribution in [0.25, 0.3) is 0 Å². The molecule has 0 aliphatic rings. The molecule has 0 fully saturated rings. The average Bonchev–Trinajstić information content (AvgIpc) is 3.07. The highest BCUT2D eigenvalue weighted by molar-refractivity contribution is 14.0. The highest BCUT2D eigenvalue weighted by atomic mass is 127. The lowest BCUT2D eigenvalue weighted by Gasteiger charge is -2.10. The molecular weight excluding hydrogens is 443 g/mol. The van der Waals surface area contributed by atoms with E-state index in [1.807, 2.05) is 32.0 Å². The Morgan fingerprint density at radius 3 is 2.62 bits per heavy atom. The SMILES string of the molecule is CCNC(=NCc1ccc(OC)c(C)c1)NCc1cc(C(C)C)no1.I. The van der Waals surface area contributed by atoms with Gasteiger partial charge in [-0.1, -0.05) is 31.1 Å². The van der Waals surface area contributed by atoms with Crippen LogP contribution in [0.5, 0.6) is 5.75 Å². The minimum absolute atomic E-state index is 0. The number of methoxy groups -OCH3 is 1. The number of nitrogens with one attached hydrogen (secondary N) is 2. The van der Waals surface area contributed by atoms with E-state index in [2.05, 4.69) is 40.7 Å². The van der Waals surface area contributed by atoms with E-state index in [0.29, 0.717) is 19.0 Å². The Balaban J connectivity index is 0.00000338. The summed E-state index contributed by atoms with van der Waals surface area (Å²) in [7, 11) is 1.68. The van der Waals surface area contributed by atoms with E-state index in [0.717, 1.165) is 40.8 Å². The quantitative estimate of drug-likeness (QED) is 0.362. The van der Waals surface area contributed by atoms with Crippen molar-refractivity contribution in [3.63, 3.8) is 0 Å². The van der Waals surface area contributed by atoms with Crippen molar-refractivity contribution in [2.75, 3.05) is 13.7 Å². The standard InChI is InChI=1S/C19H28N4O2.HI/c1-6-20-19(22-12-16-10-17(13(2)3)23-25-16)21-11-15-7-8-18(24-5)14(4)9-15;/h7-10,13H,6,11-12H2,1-5H3,(H2,20,21,22);1H. The van der Waals surface area contributed by atoms with Crippen molar-refractivity contribution >= 4 is 29.9 Å². The van der Waals surface area contributed by atoms with Gasteiger partial charge in [0, 0.05) is 12.6 Å². The summed E-state index contributed by atoms with van der Waals surface area (Å²) in [6.07, 6.45) is 0. The summed E-state index contributed by atoms with van der Waals surface area (Å²) in [6.45, 7) is 10.2. The van der Waals surface area contributed by atoms with Crippen molar-refractivity contribution in [2.24, 2.45) is 4.99 Å². The van der Waals surface area contributed by atoms with Crippen LogP contribution in [0, 0.1) is 6.92 Å². The van der Waals surface area contributed by atoms with Gasteiger partial charge >= 0.3 is 0 Å².